The average molecular weight is 486 g/mol. The van der Waals surface area contributed by atoms with Crippen LogP contribution in [0, 0.1) is 0 Å². The van der Waals surface area contributed by atoms with Crippen LogP contribution in [0.1, 0.15) is 40.3 Å². The molecule has 0 N–H and O–H groups in total. The molecule has 0 aliphatic carbocycles. The second kappa shape index (κ2) is 8.50. The Hall–Kier alpha value is -3.07. The minimum atomic E-state index is -0.931. The number of nitrogens with zero attached hydrogens (tertiary/aromatic N) is 1. The standard InChI is InChI=1S/C29H27NO6/c1-29-21-15-9-8-14-20(21)26(31)30(29)23-25(36-29)24-22(17-33-27(35-24)19-12-6-3-7-13-19)34-28(23)32-16-18-10-4-2-5-11-18/h2-15,22-25,27-28H,16-17H2,1H3/t22-,23-,24-,25+,27?,28-,29-/m1/s1. The van der Waals surface area contributed by atoms with E-state index in [1.54, 1.807) is 4.90 Å². The molecule has 0 spiro atoms. The summed E-state index contributed by atoms with van der Waals surface area (Å²) in [6.45, 7) is 2.64. The first-order valence-corrected chi connectivity index (χ1v) is 12.4. The van der Waals surface area contributed by atoms with Gasteiger partial charge in [-0.05, 0) is 18.6 Å². The smallest absolute Gasteiger partial charge is 0.257 e. The molecule has 1 amide bonds. The monoisotopic (exact) mass is 485 g/mol. The van der Waals surface area contributed by atoms with Gasteiger partial charge in [0.15, 0.2) is 18.3 Å². The molecule has 0 saturated carbocycles. The SMILES string of the molecule is C[C@]12O[C@@H]3[C@@H]4OC(c5ccccc5)OC[C@H]4O[C@@H](OCc4ccccc4)[C@@H]3N1C(=O)c1ccccc12. The molecule has 3 fully saturated rings. The summed E-state index contributed by atoms with van der Waals surface area (Å²) in [5, 5.41) is 0. The summed E-state index contributed by atoms with van der Waals surface area (Å²) < 4.78 is 32.1. The number of carbonyl (C=O) groups excluding carboxylic acids is 1. The number of benzene rings is 3. The molecule has 4 heterocycles. The van der Waals surface area contributed by atoms with Crippen LogP contribution in [0.25, 0.3) is 0 Å². The van der Waals surface area contributed by atoms with Gasteiger partial charge in [-0.1, -0.05) is 78.9 Å². The normalized spacial score (nSPS) is 34.6. The van der Waals surface area contributed by atoms with Crippen molar-refractivity contribution in [2.24, 2.45) is 0 Å². The highest BCUT2D eigenvalue weighted by Gasteiger charge is 2.66. The number of ether oxygens (including phenoxy) is 5. The van der Waals surface area contributed by atoms with Crippen LogP contribution in [0.15, 0.2) is 84.9 Å². The van der Waals surface area contributed by atoms with Crippen LogP contribution in [0.2, 0.25) is 0 Å². The molecule has 4 aliphatic rings. The second-order valence-corrected chi connectivity index (χ2v) is 9.79. The lowest BCUT2D eigenvalue weighted by Crippen LogP contribution is -2.64. The Morgan fingerprint density at radius 2 is 1.64 bits per heavy atom. The topological polar surface area (TPSA) is 66.5 Å². The van der Waals surface area contributed by atoms with Crippen LogP contribution < -0.4 is 0 Å². The molecule has 0 radical (unpaired) electrons. The predicted octanol–water partition coefficient (Wildman–Crippen LogP) is 4.14. The third-order valence-corrected chi connectivity index (χ3v) is 7.64. The molecule has 7 rings (SSSR count). The minimum Gasteiger partial charge on any atom is -0.346 e. The van der Waals surface area contributed by atoms with Gasteiger partial charge in [0.05, 0.1) is 13.2 Å². The van der Waals surface area contributed by atoms with Gasteiger partial charge in [0.2, 0.25) is 0 Å². The van der Waals surface area contributed by atoms with Crippen LogP contribution in [0.5, 0.6) is 0 Å². The number of amides is 1. The molecule has 0 aromatic heterocycles. The van der Waals surface area contributed by atoms with Crippen molar-refractivity contribution in [3.63, 3.8) is 0 Å². The van der Waals surface area contributed by atoms with E-state index in [2.05, 4.69) is 0 Å². The summed E-state index contributed by atoms with van der Waals surface area (Å²) in [7, 11) is 0. The van der Waals surface area contributed by atoms with Gasteiger partial charge in [0, 0.05) is 16.7 Å². The molecule has 7 nitrogen and oxygen atoms in total. The maximum absolute atomic E-state index is 13.7. The van der Waals surface area contributed by atoms with Gasteiger partial charge in [-0.25, -0.2) is 0 Å². The van der Waals surface area contributed by atoms with Gasteiger partial charge in [-0.2, -0.15) is 0 Å². The van der Waals surface area contributed by atoms with Gasteiger partial charge in [-0.15, -0.1) is 0 Å². The molecule has 7 atom stereocenters. The van der Waals surface area contributed by atoms with Crippen molar-refractivity contribution in [3.05, 3.63) is 107 Å². The summed E-state index contributed by atoms with van der Waals surface area (Å²) in [5.74, 6) is -0.0809. The van der Waals surface area contributed by atoms with Gasteiger partial charge in [0.25, 0.3) is 5.91 Å². The van der Waals surface area contributed by atoms with E-state index in [9.17, 15) is 4.79 Å². The Morgan fingerprint density at radius 3 is 2.44 bits per heavy atom. The maximum atomic E-state index is 13.7. The first-order chi connectivity index (χ1) is 17.6. The summed E-state index contributed by atoms with van der Waals surface area (Å²) in [5.41, 5.74) is 2.53. The number of hydrogen-bond donors (Lipinski definition) is 0. The van der Waals surface area contributed by atoms with Crippen LogP contribution in [-0.2, 0) is 36.0 Å². The summed E-state index contributed by atoms with van der Waals surface area (Å²) in [6.07, 6.45) is -2.49. The molecular formula is C29H27NO6. The Kier molecular flexibility index (Phi) is 5.23. The maximum Gasteiger partial charge on any atom is 0.257 e. The first-order valence-electron chi connectivity index (χ1n) is 12.4. The zero-order valence-electron chi connectivity index (χ0n) is 19.9. The van der Waals surface area contributed by atoms with Crippen molar-refractivity contribution >= 4 is 5.91 Å². The highest BCUT2D eigenvalue weighted by molar-refractivity contribution is 6.00. The molecule has 0 bridgehead atoms. The van der Waals surface area contributed by atoms with Crippen LogP contribution in [0.3, 0.4) is 0 Å². The zero-order chi connectivity index (χ0) is 24.3. The zero-order valence-corrected chi connectivity index (χ0v) is 19.9. The number of fused-ring (bicyclic) bond motifs is 7. The van der Waals surface area contributed by atoms with Gasteiger partial charge >= 0.3 is 0 Å². The van der Waals surface area contributed by atoms with Crippen molar-refractivity contribution in [2.75, 3.05) is 6.61 Å². The summed E-state index contributed by atoms with van der Waals surface area (Å²) in [6, 6.07) is 26.9. The van der Waals surface area contributed by atoms with E-state index in [-0.39, 0.29) is 12.0 Å². The third-order valence-electron chi connectivity index (χ3n) is 7.64. The largest absolute Gasteiger partial charge is 0.346 e. The predicted molar refractivity (Wildman–Crippen MR) is 129 cm³/mol. The lowest BCUT2D eigenvalue weighted by atomic mass is 9.95. The molecular weight excluding hydrogens is 458 g/mol. The van der Waals surface area contributed by atoms with E-state index >= 15 is 0 Å². The molecule has 36 heavy (non-hydrogen) atoms. The van der Waals surface area contributed by atoms with E-state index in [0.717, 1.165) is 16.7 Å². The molecule has 3 saturated heterocycles. The van der Waals surface area contributed by atoms with Crippen molar-refractivity contribution in [3.8, 4) is 0 Å². The Morgan fingerprint density at radius 1 is 0.917 bits per heavy atom. The Balaban J connectivity index is 1.24. The molecule has 7 heteroatoms. The van der Waals surface area contributed by atoms with E-state index in [1.807, 2.05) is 91.9 Å². The van der Waals surface area contributed by atoms with Gasteiger partial charge in [-0.3, -0.25) is 9.69 Å². The van der Waals surface area contributed by atoms with Crippen molar-refractivity contribution < 1.29 is 28.5 Å². The first kappa shape index (κ1) is 22.2. The lowest BCUT2D eigenvalue weighted by Gasteiger charge is -2.47. The number of hydrogen-bond acceptors (Lipinski definition) is 6. The van der Waals surface area contributed by atoms with Crippen molar-refractivity contribution in [1.29, 1.82) is 0 Å². The van der Waals surface area contributed by atoms with E-state index < -0.39 is 36.6 Å². The van der Waals surface area contributed by atoms with Crippen molar-refractivity contribution in [2.45, 2.75) is 56.2 Å². The number of carbonyl (C=O) groups is 1. The van der Waals surface area contributed by atoms with Gasteiger partial charge < -0.3 is 23.7 Å². The van der Waals surface area contributed by atoms with E-state index in [4.69, 9.17) is 23.7 Å². The third kappa shape index (κ3) is 3.35. The highest BCUT2D eigenvalue weighted by Crippen LogP contribution is 2.52. The van der Waals surface area contributed by atoms with Crippen LogP contribution in [0.4, 0.5) is 0 Å². The average Bonchev–Trinajstić information content (AvgIpc) is 3.36. The molecule has 3 aromatic rings. The minimum absolute atomic E-state index is 0.0809. The van der Waals surface area contributed by atoms with Crippen LogP contribution >= 0.6 is 0 Å². The fourth-order valence-electron chi connectivity index (χ4n) is 5.97. The van der Waals surface area contributed by atoms with Crippen molar-refractivity contribution in [1.82, 2.24) is 4.90 Å². The molecule has 1 unspecified atom stereocenters. The fraction of sp³-hybridized carbons (Fsp3) is 0.345. The molecule has 184 valence electrons. The lowest BCUT2D eigenvalue weighted by molar-refractivity contribution is -0.343. The Bertz CT molecular complexity index is 1270. The van der Waals surface area contributed by atoms with E-state index in [0.29, 0.717) is 18.8 Å². The molecule has 3 aromatic carbocycles. The second-order valence-electron chi connectivity index (χ2n) is 9.79. The highest BCUT2D eigenvalue weighted by atomic mass is 16.8. The van der Waals surface area contributed by atoms with Crippen LogP contribution in [-0.4, -0.2) is 48.1 Å². The summed E-state index contributed by atoms with van der Waals surface area (Å²) >= 11 is 0. The van der Waals surface area contributed by atoms with Gasteiger partial charge in [0.1, 0.15) is 24.4 Å². The fourth-order valence-corrected chi connectivity index (χ4v) is 5.97. The number of rotatable bonds is 4. The Labute approximate surface area is 209 Å². The molecule has 4 aliphatic heterocycles. The van der Waals surface area contributed by atoms with E-state index in [1.165, 1.54) is 0 Å². The quantitative estimate of drug-likeness (QED) is 0.554. The summed E-state index contributed by atoms with van der Waals surface area (Å²) in [4.78, 5) is 15.5.